The maximum atomic E-state index is 12.5. The summed E-state index contributed by atoms with van der Waals surface area (Å²) < 4.78 is 1.78. The minimum Gasteiger partial charge on any atom is -0.320 e. The van der Waals surface area contributed by atoms with Crippen LogP contribution in [0.3, 0.4) is 0 Å². The van der Waals surface area contributed by atoms with Gasteiger partial charge in [0.2, 0.25) is 0 Å². The highest BCUT2D eigenvalue weighted by molar-refractivity contribution is 5.88. The molecule has 8 heteroatoms. The number of anilines is 1. The second-order valence-electron chi connectivity index (χ2n) is 6.94. The quantitative estimate of drug-likeness (QED) is 0.699. The lowest BCUT2D eigenvalue weighted by Gasteiger charge is -2.18. The van der Waals surface area contributed by atoms with Gasteiger partial charge in [-0.3, -0.25) is 10.1 Å². The summed E-state index contributed by atoms with van der Waals surface area (Å²) in [5.74, 6) is 1.63. The summed E-state index contributed by atoms with van der Waals surface area (Å²) in [4.78, 5) is 33.3. The predicted octanol–water partition coefficient (Wildman–Crippen LogP) is 2.83. The Labute approximate surface area is 157 Å². The predicted molar refractivity (Wildman–Crippen MR) is 105 cm³/mol. The van der Waals surface area contributed by atoms with E-state index in [9.17, 15) is 9.59 Å². The summed E-state index contributed by atoms with van der Waals surface area (Å²) in [5.41, 5.74) is 0.396. The number of aromatic nitrogens is 4. The zero-order chi connectivity index (χ0) is 19.4. The highest BCUT2D eigenvalue weighted by Gasteiger charge is 2.14. The number of carbonyl (C=O) groups excluding carboxylic acids is 1. The average molecular weight is 368 g/mol. The fraction of sp³-hybridized carbons (Fsp3) is 0.368. The van der Waals surface area contributed by atoms with Gasteiger partial charge >= 0.3 is 6.03 Å². The zero-order valence-electron chi connectivity index (χ0n) is 15.8. The Kier molecular flexibility index (Phi) is 5.54. The number of aryl methyl sites for hydroxylation is 1. The smallest absolute Gasteiger partial charge is 0.320 e. The van der Waals surface area contributed by atoms with Gasteiger partial charge in [0.25, 0.3) is 5.56 Å². The van der Waals surface area contributed by atoms with Crippen molar-refractivity contribution in [2.24, 2.45) is 5.92 Å². The molecule has 0 atom stereocenters. The van der Waals surface area contributed by atoms with Crippen molar-refractivity contribution < 1.29 is 4.79 Å². The van der Waals surface area contributed by atoms with Crippen LogP contribution in [-0.4, -0.2) is 37.7 Å². The molecule has 2 heterocycles. The lowest BCUT2D eigenvalue weighted by atomic mass is 10.1. The number of rotatable bonds is 6. The fourth-order valence-electron chi connectivity index (χ4n) is 2.71. The Bertz CT molecular complexity index is 991. The summed E-state index contributed by atoms with van der Waals surface area (Å²) in [6, 6.07) is 8.59. The van der Waals surface area contributed by atoms with Crippen molar-refractivity contribution in [1.29, 1.82) is 0 Å². The molecule has 2 aromatic heterocycles. The molecule has 0 saturated carbocycles. The molecule has 0 unspecified atom stereocenters. The largest absolute Gasteiger partial charge is 0.323 e. The van der Waals surface area contributed by atoms with Crippen LogP contribution < -0.4 is 10.9 Å². The van der Waals surface area contributed by atoms with Gasteiger partial charge in [0.15, 0.2) is 0 Å². The number of nitrogens with one attached hydrogen (secondary N) is 2. The van der Waals surface area contributed by atoms with Crippen LogP contribution in [0.25, 0.3) is 10.9 Å². The van der Waals surface area contributed by atoms with E-state index in [1.807, 2.05) is 6.07 Å². The van der Waals surface area contributed by atoms with E-state index in [2.05, 4.69) is 34.2 Å². The maximum absolute atomic E-state index is 12.5. The van der Waals surface area contributed by atoms with E-state index in [0.717, 1.165) is 13.0 Å². The number of urea groups is 1. The molecule has 0 fully saturated rings. The Hall–Kier alpha value is -3.16. The molecule has 27 heavy (non-hydrogen) atoms. The summed E-state index contributed by atoms with van der Waals surface area (Å²) >= 11 is 0. The number of carbonyl (C=O) groups is 1. The third-order valence-electron chi connectivity index (χ3n) is 4.27. The Balaban J connectivity index is 1.68. The Morgan fingerprint density at radius 1 is 1.30 bits per heavy atom. The minimum absolute atomic E-state index is 0.187. The van der Waals surface area contributed by atoms with Gasteiger partial charge in [0, 0.05) is 19.7 Å². The molecular weight excluding hydrogens is 344 g/mol. The van der Waals surface area contributed by atoms with Crippen LogP contribution in [0.4, 0.5) is 10.6 Å². The van der Waals surface area contributed by atoms with Crippen LogP contribution in [0, 0.1) is 5.92 Å². The van der Waals surface area contributed by atoms with Gasteiger partial charge in [-0.1, -0.05) is 26.0 Å². The molecule has 3 rings (SSSR count). The van der Waals surface area contributed by atoms with E-state index in [-0.39, 0.29) is 18.1 Å². The van der Waals surface area contributed by atoms with E-state index in [4.69, 9.17) is 0 Å². The van der Waals surface area contributed by atoms with Crippen LogP contribution >= 0.6 is 0 Å². The molecule has 0 bridgehead atoms. The maximum Gasteiger partial charge on any atom is 0.323 e. The lowest BCUT2D eigenvalue weighted by molar-refractivity contribution is 0.219. The number of nitrogens with zero attached hydrogens (tertiary/aromatic N) is 4. The van der Waals surface area contributed by atoms with Crippen LogP contribution in [0.2, 0.25) is 0 Å². The minimum atomic E-state index is -0.294. The van der Waals surface area contributed by atoms with Gasteiger partial charge in [-0.2, -0.15) is 5.10 Å². The van der Waals surface area contributed by atoms with Crippen molar-refractivity contribution in [3.8, 4) is 0 Å². The van der Waals surface area contributed by atoms with Gasteiger partial charge in [-0.15, -0.1) is 0 Å². The first-order chi connectivity index (χ1) is 12.9. The molecule has 0 aliphatic carbocycles. The van der Waals surface area contributed by atoms with Crippen LogP contribution in [0.1, 0.15) is 26.1 Å². The molecule has 1 aromatic carbocycles. The van der Waals surface area contributed by atoms with Gasteiger partial charge in [-0.05, 0) is 24.5 Å². The first-order valence-electron chi connectivity index (χ1n) is 8.96. The van der Waals surface area contributed by atoms with Gasteiger partial charge in [0.05, 0.1) is 23.6 Å². The third kappa shape index (κ3) is 4.52. The van der Waals surface area contributed by atoms with Gasteiger partial charge in [0.1, 0.15) is 11.6 Å². The summed E-state index contributed by atoms with van der Waals surface area (Å²) in [5, 5.41) is 7.64. The normalized spacial score (nSPS) is 11.1. The van der Waals surface area contributed by atoms with Gasteiger partial charge in [-0.25, -0.2) is 14.5 Å². The topological polar surface area (TPSA) is 95.9 Å². The number of amides is 2. The molecule has 0 aliphatic heterocycles. The third-order valence-corrected chi connectivity index (χ3v) is 4.27. The molecule has 142 valence electrons. The summed E-state index contributed by atoms with van der Waals surface area (Å²) in [6.45, 7) is 5.22. The van der Waals surface area contributed by atoms with E-state index < -0.39 is 0 Å². The van der Waals surface area contributed by atoms with Crippen molar-refractivity contribution in [2.45, 2.75) is 33.4 Å². The fourth-order valence-corrected chi connectivity index (χ4v) is 2.71. The first-order valence-corrected chi connectivity index (χ1v) is 8.96. The Morgan fingerprint density at radius 2 is 2.07 bits per heavy atom. The van der Waals surface area contributed by atoms with E-state index >= 15 is 0 Å². The number of fused-ring (bicyclic) bond motifs is 1. The SMILES string of the molecule is CC(C)CCn1nccc1NC(=O)N(C)Cc1nc2ccccc2c(=O)[nH]1. The van der Waals surface area contributed by atoms with E-state index in [0.29, 0.717) is 28.5 Å². The summed E-state index contributed by atoms with van der Waals surface area (Å²) in [6.07, 6.45) is 2.64. The molecule has 0 aliphatic rings. The molecular formula is C19H24N6O2. The van der Waals surface area contributed by atoms with Crippen LogP contribution in [0.15, 0.2) is 41.3 Å². The summed E-state index contributed by atoms with van der Waals surface area (Å²) in [7, 11) is 1.65. The highest BCUT2D eigenvalue weighted by Crippen LogP contribution is 2.11. The second-order valence-corrected chi connectivity index (χ2v) is 6.94. The lowest BCUT2D eigenvalue weighted by Crippen LogP contribution is -2.33. The molecule has 3 aromatic rings. The van der Waals surface area contributed by atoms with E-state index in [1.165, 1.54) is 4.90 Å². The van der Waals surface area contributed by atoms with Crippen molar-refractivity contribution >= 4 is 22.8 Å². The molecule has 8 nitrogen and oxygen atoms in total. The Morgan fingerprint density at radius 3 is 2.85 bits per heavy atom. The van der Waals surface area contributed by atoms with Crippen molar-refractivity contribution in [1.82, 2.24) is 24.6 Å². The number of hydrogen-bond donors (Lipinski definition) is 2. The van der Waals surface area contributed by atoms with Gasteiger partial charge < -0.3 is 9.88 Å². The van der Waals surface area contributed by atoms with Crippen molar-refractivity contribution in [3.63, 3.8) is 0 Å². The van der Waals surface area contributed by atoms with Crippen molar-refractivity contribution in [2.75, 3.05) is 12.4 Å². The monoisotopic (exact) mass is 368 g/mol. The number of para-hydroxylation sites is 1. The van der Waals surface area contributed by atoms with Crippen LogP contribution in [0.5, 0.6) is 0 Å². The number of aromatic amines is 1. The molecule has 0 radical (unpaired) electrons. The van der Waals surface area contributed by atoms with Crippen molar-refractivity contribution in [3.05, 3.63) is 52.7 Å². The number of benzene rings is 1. The number of hydrogen-bond acceptors (Lipinski definition) is 4. The van der Waals surface area contributed by atoms with Crippen LogP contribution in [-0.2, 0) is 13.1 Å². The zero-order valence-corrected chi connectivity index (χ0v) is 15.8. The second kappa shape index (κ2) is 8.03. The standard InChI is InChI=1S/C19H24N6O2/c1-13(2)9-11-25-17(8-10-20-25)23-19(27)24(3)12-16-21-15-7-5-4-6-14(15)18(26)22-16/h4-8,10,13H,9,11-12H2,1-3H3,(H,23,27)(H,21,22,26). The molecule has 2 amide bonds. The number of H-pyrrole nitrogens is 1. The first kappa shape index (κ1) is 18.6. The molecule has 0 spiro atoms. The van der Waals surface area contributed by atoms with E-state index in [1.54, 1.807) is 42.2 Å². The molecule has 0 saturated heterocycles. The molecule has 2 N–H and O–H groups in total. The highest BCUT2D eigenvalue weighted by atomic mass is 16.2. The average Bonchev–Trinajstić information content (AvgIpc) is 3.07.